The Morgan fingerprint density at radius 3 is 2.24 bits per heavy atom. The molecule has 2 aliphatic rings. The summed E-state index contributed by atoms with van der Waals surface area (Å²) in [6, 6.07) is 4.77. The maximum atomic E-state index is 14.4. The van der Waals surface area contributed by atoms with Gasteiger partial charge in [-0.2, -0.15) is 0 Å². The topological polar surface area (TPSA) is 94.2 Å². The number of hydrogen-bond donors (Lipinski definition) is 1. The molecule has 0 radical (unpaired) electrons. The third-order valence-electron chi connectivity index (χ3n) is 6.70. The Balaban J connectivity index is 1.77. The molecular weight excluding hydrogens is 479 g/mol. The number of nitrogens with zero attached hydrogens (tertiary/aromatic N) is 1. The zero-order chi connectivity index (χ0) is 27.7. The second-order valence-corrected chi connectivity index (χ2v) is 12.1. The maximum absolute atomic E-state index is 14.4. The molecular formula is C28H41FN2O6. The molecule has 1 aromatic carbocycles. The fourth-order valence-corrected chi connectivity index (χ4v) is 4.97. The third kappa shape index (κ3) is 7.43. The van der Waals surface area contributed by atoms with Crippen molar-refractivity contribution in [2.75, 3.05) is 7.11 Å². The van der Waals surface area contributed by atoms with Crippen LogP contribution < -0.4 is 5.32 Å². The monoisotopic (exact) mass is 520 g/mol. The number of benzene rings is 1. The number of piperidine rings is 1. The summed E-state index contributed by atoms with van der Waals surface area (Å²) in [5, 5.41) is 2.76. The first-order chi connectivity index (χ1) is 17.1. The molecule has 0 unspecified atom stereocenters. The standard InChI is InChI=1S/C28H41FN2O6/c1-16(23(35-8)22-15-18-14-21(18)31(22)26(34)37-28(5,6)7)24(32)30-20(25(33)36-27(2,3)4)13-17-11-9-10-12-19(17)29/h9-12,16,18,20-23H,13-15H2,1-8H3,(H,30,32)/t16-,18+,20+,21+,22+,23-/m1/s1. The average molecular weight is 521 g/mol. The molecule has 1 aliphatic heterocycles. The van der Waals surface area contributed by atoms with Gasteiger partial charge in [0.05, 0.1) is 18.1 Å². The zero-order valence-corrected chi connectivity index (χ0v) is 23.2. The maximum Gasteiger partial charge on any atom is 0.410 e. The van der Waals surface area contributed by atoms with Crippen LogP contribution in [-0.2, 0) is 30.2 Å². The van der Waals surface area contributed by atoms with Crippen LogP contribution in [0.4, 0.5) is 9.18 Å². The highest BCUT2D eigenvalue weighted by atomic mass is 19.1. The van der Waals surface area contributed by atoms with E-state index in [2.05, 4.69) is 5.32 Å². The van der Waals surface area contributed by atoms with Gasteiger partial charge in [0.1, 0.15) is 23.1 Å². The number of halogens is 1. The largest absolute Gasteiger partial charge is 0.458 e. The molecule has 8 nitrogen and oxygen atoms in total. The summed E-state index contributed by atoms with van der Waals surface area (Å²) in [5.74, 6) is -1.90. The molecule has 206 valence electrons. The van der Waals surface area contributed by atoms with Crippen molar-refractivity contribution in [3.05, 3.63) is 35.6 Å². The van der Waals surface area contributed by atoms with Gasteiger partial charge in [-0.25, -0.2) is 14.0 Å². The van der Waals surface area contributed by atoms with Crippen molar-refractivity contribution in [3.8, 4) is 0 Å². The summed E-state index contributed by atoms with van der Waals surface area (Å²) in [4.78, 5) is 41.1. The van der Waals surface area contributed by atoms with Crippen LogP contribution in [0, 0.1) is 17.7 Å². The summed E-state index contributed by atoms with van der Waals surface area (Å²) in [7, 11) is 1.51. The van der Waals surface area contributed by atoms with Gasteiger partial charge in [-0.3, -0.25) is 9.69 Å². The van der Waals surface area contributed by atoms with Crippen LogP contribution in [-0.4, -0.2) is 65.4 Å². The van der Waals surface area contributed by atoms with Crippen LogP contribution >= 0.6 is 0 Å². The van der Waals surface area contributed by atoms with E-state index in [0.717, 1.165) is 6.42 Å². The van der Waals surface area contributed by atoms with E-state index in [1.807, 2.05) is 20.8 Å². The number of rotatable bonds is 8. The molecule has 1 N–H and O–H groups in total. The van der Waals surface area contributed by atoms with E-state index in [4.69, 9.17) is 14.2 Å². The van der Waals surface area contributed by atoms with Crippen molar-refractivity contribution in [1.82, 2.24) is 10.2 Å². The van der Waals surface area contributed by atoms with Crippen molar-refractivity contribution in [2.45, 2.75) is 103 Å². The lowest BCUT2D eigenvalue weighted by Gasteiger charge is -2.36. The second kappa shape index (κ2) is 11.0. The number of esters is 1. The van der Waals surface area contributed by atoms with Gasteiger partial charge in [0, 0.05) is 19.6 Å². The molecule has 0 spiro atoms. The summed E-state index contributed by atoms with van der Waals surface area (Å²) in [6.45, 7) is 12.3. The minimum Gasteiger partial charge on any atom is -0.458 e. The normalized spacial score (nSPS) is 23.5. The molecule has 1 aliphatic carbocycles. The van der Waals surface area contributed by atoms with E-state index in [0.29, 0.717) is 17.9 Å². The lowest BCUT2D eigenvalue weighted by Crippen LogP contribution is -2.54. The Morgan fingerprint density at radius 2 is 1.68 bits per heavy atom. The Labute approximate surface area is 219 Å². The first kappa shape index (κ1) is 28.9. The van der Waals surface area contributed by atoms with Crippen molar-refractivity contribution < 1.29 is 33.0 Å². The van der Waals surface area contributed by atoms with Crippen LogP contribution in [0.2, 0.25) is 0 Å². The Morgan fingerprint density at radius 1 is 1.05 bits per heavy atom. The number of carbonyl (C=O) groups excluding carboxylic acids is 3. The Hall–Kier alpha value is -2.68. The number of likely N-dealkylation sites (tertiary alicyclic amines) is 1. The smallest absolute Gasteiger partial charge is 0.410 e. The number of methoxy groups -OCH3 is 1. The third-order valence-corrected chi connectivity index (χ3v) is 6.70. The van der Waals surface area contributed by atoms with E-state index in [1.165, 1.54) is 13.2 Å². The summed E-state index contributed by atoms with van der Waals surface area (Å²) in [6.07, 6.45) is 0.535. The summed E-state index contributed by atoms with van der Waals surface area (Å²) >= 11 is 0. The van der Waals surface area contributed by atoms with Gasteiger partial charge in [-0.1, -0.05) is 25.1 Å². The molecule has 6 atom stereocenters. The molecule has 2 amide bonds. The van der Waals surface area contributed by atoms with E-state index >= 15 is 0 Å². The van der Waals surface area contributed by atoms with E-state index < -0.39 is 53.1 Å². The van der Waals surface area contributed by atoms with E-state index in [9.17, 15) is 18.8 Å². The van der Waals surface area contributed by atoms with Crippen LogP contribution in [0.5, 0.6) is 0 Å². The highest BCUT2D eigenvalue weighted by Crippen LogP contribution is 2.50. The summed E-state index contributed by atoms with van der Waals surface area (Å²) in [5.41, 5.74) is -1.14. The summed E-state index contributed by atoms with van der Waals surface area (Å²) < 4.78 is 31.3. The minimum absolute atomic E-state index is 0.0602. The minimum atomic E-state index is -1.09. The lowest BCUT2D eigenvalue weighted by atomic mass is 9.93. The van der Waals surface area contributed by atoms with Crippen molar-refractivity contribution in [3.63, 3.8) is 0 Å². The number of fused-ring (bicyclic) bond motifs is 1. The van der Waals surface area contributed by atoms with Crippen LogP contribution in [0.25, 0.3) is 0 Å². The highest BCUT2D eigenvalue weighted by Gasteiger charge is 2.58. The van der Waals surface area contributed by atoms with Gasteiger partial charge in [0.2, 0.25) is 5.91 Å². The highest BCUT2D eigenvalue weighted by molar-refractivity contribution is 5.86. The van der Waals surface area contributed by atoms with Gasteiger partial charge < -0.3 is 19.5 Å². The van der Waals surface area contributed by atoms with Crippen LogP contribution in [0.3, 0.4) is 0 Å². The van der Waals surface area contributed by atoms with E-state index in [1.54, 1.807) is 50.8 Å². The number of ether oxygens (including phenoxy) is 3. The average Bonchev–Trinajstić information content (AvgIpc) is 3.42. The number of nitrogens with one attached hydrogen (secondary N) is 1. The fraction of sp³-hybridized carbons (Fsp3) is 0.679. The van der Waals surface area contributed by atoms with Crippen molar-refractivity contribution in [2.24, 2.45) is 11.8 Å². The Kier molecular flexibility index (Phi) is 8.57. The van der Waals surface area contributed by atoms with Crippen LogP contribution in [0.15, 0.2) is 24.3 Å². The van der Waals surface area contributed by atoms with Gasteiger partial charge in [0.25, 0.3) is 0 Å². The predicted octanol–water partition coefficient (Wildman–Crippen LogP) is 4.24. The van der Waals surface area contributed by atoms with Crippen molar-refractivity contribution in [1.29, 1.82) is 0 Å². The van der Waals surface area contributed by atoms with E-state index in [-0.39, 0.29) is 18.5 Å². The predicted molar refractivity (Wildman–Crippen MR) is 136 cm³/mol. The van der Waals surface area contributed by atoms with Gasteiger partial charge >= 0.3 is 12.1 Å². The second-order valence-electron chi connectivity index (χ2n) is 12.1. The zero-order valence-electron chi connectivity index (χ0n) is 23.2. The first-order valence-corrected chi connectivity index (χ1v) is 12.9. The lowest BCUT2D eigenvalue weighted by molar-refractivity contribution is -0.159. The van der Waals surface area contributed by atoms with Gasteiger partial charge in [-0.05, 0) is 71.9 Å². The first-order valence-electron chi connectivity index (χ1n) is 12.9. The molecule has 0 aromatic heterocycles. The number of carbonyl (C=O) groups is 3. The molecule has 9 heteroatoms. The molecule has 1 heterocycles. The molecule has 0 bridgehead atoms. The molecule has 1 aromatic rings. The molecule has 1 saturated heterocycles. The molecule has 3 rings (SSSR count). The molecule has 37 heavy (non-hydrogen) atoms. The molecule has 1 saturated carbocycles. The number of amides is 2. The quantitative estimate of drug-likeness (QED) is 0.515. The van der Waals surface area contributed by atoms with Crippen LogP contribution in [0.1, 0.15) is 66.9 Å². The fourth-order valence-electron chi connectivity index (χ4n) is 4.97. The SMILES string of the molecule is CO[C@H]([C@@H](C)C(=O)N[C@@H](Cc1ccccc1F)C(=O)OC(C)(C)C)[C@@H]1C[C@@H]2C[C@@H]2N1C(=O)OC(C)(C)C. The van der Waals surface area contributed by atoms with Gasteiger partial charge in [0.15, 0.2) is 0 Å². The number of hydrogen-bond acceptors (Lipinski definition) is 6. The van der Waals surface area contributed by atoms with Crippen molar-refractivity contribution >= 4 is 18.0 Å². The van der Waals surface area contributed by atoms with Gasteiger partial charge in [-0.15, -0.1) is 0 Å². The Bertz CT molecular complexity index is 1000. The molecule has 2 fully saturated rings.